The normalized spacial score (nSPS) is 17.6. The molecule has 3 heterocycles. The van der Waals surface area contributed by atoms with E-state index in [1.54, 1.807) is 12.5 Å². The maximum atomic E-state index is 11.9. The summed E-state index contributed by atoms with van der Waals surface area (Å²) < 4.78 is 6.72. The molecule has 4 rings (SSSR count). The van der Waals surface area contributed by atoms with Crippen LogP contribution < -0.4 is 4.90 Å². The van der Waals surface area contributed by atoms with Crippen LogP contribution in [0.3, 0.4) is 0 Å². The van der Waals surface area contributed by atoms with Crippen molar-refractivity contribution >= 4 is 22.8 Å². The summed E-state index contributed by atoms with van der Waals surface area (Å²) >= 11 is 0. The number of hydrogen-bond acceptors (Lipinski definition) is 6. The van der Waals surface area contributed by atoms with E-state index in [1.165, 1.54) is 7.11 Å². The van der Waals surface area contributed by atoms with Crippen LogP contribution in [0.15, 0.2) is 42.9 Å². The van der Waals surface area contributed by atoms with Gasteiger partial charge in [0.25, 0.3) is 0 Å². The van der Waals surface area contributed by atoms with Gasteiger partial charge in [-0.2, -0.15) is 5.10 Å². The summed E-state index contributed by atoms with van der Waals surface area (Å²) in [5.41, 5.74) is 1.71. The number of benzene rings is 1. The first-order valence-electron chi connectivity index (χ1n) is 8.35. The molecule has 0 aliphatic carbocycles. The zero-order valence-corrected chi connectivity index (χ0v) is 14.0. The van der Waals surface area contributed by atoms with Crippen LogP contribution in [-0.2, 0) is 9.53 Å². The van der Waals surface area contributed by atoms with E-state index in [-0.39, 0.29) is 11.9 Å². The van der Waals surface area contributed by atoms with Crippen molar-refractivity contribution in [3.05, 3.63) is 42.9 Å². The van der Waals surface area contributed by atoms with Crippen LogP contribution in [0.2, 0.25) is 0 Å². The number of anilines is 1. The highest BCUT2D eigenvalue weighted by atomic mass is 16.5. The average Bonchev–Trinajstić information content (AvgIpc) is 3.12. The molecule has 128 valence electrons. The lowest BCUT2D eigenvalue weighted by Gasteiger charge is -2.32. The van der Waals surface area contributed by atoms with Gasteiger partial charge < -0.3 is 9.64 Å². The first-order chi connectivity index (χ1) is 12.3. The highest BCUT2D eigenvalue weighted by Gasteiger charge is 2.28. The Bertz CT molecular complexity index is 893. The van der Waals surface area contributed by atoms with Crippen LogP contribution in [0.5, 0.6) is 0 Å². The molecule has 1 aromatic carbocycles. The van der Waals surface area contributed by atoms with Gasteiger partial charge in [-0.25, -0.2) is 14.6 Å². The Hall–Kier alpha value is -2.96. The number of hydrogen-bond donors (Lipinski definition) is 0. The predicted molar refractivity (Wildman–Crippen MR) is 93.6 cm³/mol. The second-order valence-electron chi connectivity index (χ2n) is 6.13. The minimum Gasteiger partial charge on any atom is -0.469 e. The predicted octanol–water partition coefficient (Wildman–Crippen LogP) is 2.20. The zero-order valence-electron chi connectivity index (χ0n) is 14.0. The Morgan fingerprint density at radius 2 is 2.08 bits per heavy atom. The Kier molecular flexibility index (Phi) is 4.05. The van der Waals surface area contributed by atoms with Crippen molar-refractivity contribution in [2.75, 3.05) is 25.1 Å². The number of nitrogens with zero attached hydrogens (tertiary/aromatic N) is 5. The average molecular weight is 337 g/mol. The Balaban J connectivity index is 1.71. The molecule has 2 aromatic heterocycles. The summed E-state index contributed by atoms with van der Waals surface area (Å²) in [5.74, 6) is 0.545. The van der Waals surface area contributed by atoms with Gasteiger partial charge in [0.05, 0.1) is 30.3 Å². The first-order valence-corrected chi connectivity index (χ1v) is 8.35. The molecule has 0 spiro atoms. The first kappa shape index (κ1) is 15.6. The largest absolute Gasteiger partial charge is 0.469 e. The number of fused-ring (bicyclic) bond motifs is 1. The molecule has 0 radical (unpaired) electrons. The van der Waals surface area contributed by atoms with Crippen LogP contribution >= 0.6 is 0 Å². The van der Waals surface area contributed by atoms with E-state index in [4.69, 9.17) is 4.74 Å². The zero-order chi connectivity index (χ0) is 17.2. The lowest BCUT2D eigenvalue weighted by atomic mass is 9.98. The standard InChI is InChI=1S/C18H19N5O2/c1-25-18(24)13-6-5-9-22(11-13)16-15-10-21-23(17(15)20-12-19-16)14-7-3-2-4-8-14/h2-4,7-8,10,12-13H,5-6,9,11H2,1H3/t13-/m0/s1. The number of para-hydroxylation sites is 1. The van der Waals surface area contributed by atoms with Gasteiger partial charge in [0.2, 0.25) is 0 Å². The van der Waals surface area contributed by atoms with E-state index in [0.29, 0.717) is 6.54 Å². The van der Waals surface area contributed by atoms with E-state index in [9.17, 15) is 4.79 Å². The minimum absolute atomic E-state index is 0.118. The molecule has 1 fully saturated rings. The lowest BCUT2D eigenvalue weighted by molar-refractivity contribution is -0.145. The van der Waals surface area contributed by atoms with Crippen LogP contribution in [-0.4, -0.2) is 45.9 Å². The van der Waals surface area contributed by atoms with Crippen molar-refractivity contribution in [1.82, 2.24) is 19.7 Å². The number of esters is 1. The van der Waals surface area contributed by atoms with Crippen LogP contribution in [0.25, 0.3) is 16.7 Å². The second-order valence-corrected chi connectivity index (χ2v) is 6.13. The Labute approximate surface area is 145 Å². The smallest absolute Gasteiger partial charge is 0.310 e. The van der Waals surface area contributed by atoms with Crippen molar-refractivity contribution < 1.29 is 9.53 Å². The second kappa shape index (κ2) is 6.51. The number of carbonyl (C=O) groups is 1. The summed E-state index contributed by atoms with van der Waals surface area (Å²) in [6.07, 6.45) is 5.12. The van der Waals surface area contributed by atoms with E-state index in [0.717, 1.165) is 41.9 Å². The van der Waals surface area contributed by atoms with Crippen molar-refractivity contribution in [1.29, 1.82) is 0 Å². The third-order valence-electron chi connectivity index (χ3n) is 4.60. The molecule has 25 heavy (non-hydrogen) atoms. The van der Waals surface area contributed by atoms with Crippen LogP contribution in [0.4, 0.5) is 5.82 Å². The fraction of sp³-hybridized carbons (Fsp3) is 0.333. The van der Waals surface area contributed by atoms with Crippen molar-refractivity contribution in [3.63, 3.8) is 0 Å². The van der Waals surface area contributed by atoms with Gasteiger partial charge in [-0.15, -0.1) is 0 Å². The van der Waals surface area contributed by atoms with Gasteiger partial charge in [-0.05, 0) is 25.0 Å². The third kappa shape index (κ3) is 2.82. The Morgan fingerprint density at radius 1 is 1.24 bits per heavy atom. The topological polar surface area (TPSA) is 73.1 Å². The molecule has 3 aromatic rings. The van der Waals surface area contributed by atoms with Gasteiger partial charge in [0, 0.05) is 13.1 Å². The molecule has 7 heteroatoms. The highest BCUT2D eigenvalue weighted by Crippen LogP contribution is 2.28. The molecule has 1 aliphatic rings. The van der Waals surface area contributed by atoms with Gasteiger partial charge in [-0.3, -0.25) is 4.79 Å². The fourth-order valence-corrected chi connectivity index (χ4v) is 3.37. The molecule has 0 bridgehead atoms. The molecular formula is C18H19N5O2. The van der Waals surface area contributed by atoms with Crippen molar-refractivity contribution in [2.24, 2.45) is 5.92 Å². The summed E-state index contributed by atoms with van der Waals surface area (Å²) in [7, 11) is 1.44. The maximum absolute atomic E-state index is 11.9. The summed E-state index contributed by atoms with van der Waals surface area (Å²) in [5, 5.41) is 5.37. The van der Waals surface area contributed by atoms with Gasteiger partial charge >= 0.3 is 5.97 Å². The third-order valence-corrected chi connectivity index (χ3v) is 4.60. The number of rotatable bonds is 3. The molecule has 7 nitrogen and oxygen atoms in total. The van der Waals surface area contributed by atoms with Gasteiger partial charge in [0.1, 0.15) is 12.1 Å². The van der Waals surface area contributed by atoms with Crippen molar-refractivity contribution in [3.8, 4) is 5.69 Å². The maximum Gasteiger partial charge on any atom is 0.310 e. The fourth-order valence-electron chi connectivity index (χ4n) is 3.37. The molecule has 0 amide bonds. The SMILES string of the molecule is COC(=O)[C@H]1CCCN(c2ncnc3c2cnn3-c2ccccc2)C1. The summed E-state index contributed by atoms with van der Waals surface area (Å²) in [4.78, 5) is 22.9. The number of ether oxygens (including phenoxy) is 1. The highest BCUT2D eigenvalue weighted by molar-refractivity contribution is 5.88. The number of carbonyl (C=O) groups excluding carboxylic acids is 1. The monoisotopic (exact) mass is 337 g/mol. The van der Waals surface area contributed by atoms with E-state index in [1.807, 2.05) is 35.0 Å². The molecular weight excluding hydrogens is 318 g/mol. The molecule has 1 atom stereocenters. The molecule has 0 saturated carbocycles. The van der Waals surface area contributed by atoms with Crippen LogP contribution in [0, 0.1) is 5.92 Å². The lowest BCUT2D eigenvalue weighted by Crippen LogP contribution is -2.39. The van der Waals surface area contributed by atoms with Gasteiger partial charge in [-0.1, -0.05) is 18.2 Å². The van der Waals surface area contributed by atoms with E-state index >= 15 is 0 Å². The molecule has 0 N–H and O–H groups in total. The van der Waals surface area contributed by atoms with E-state index < -0.39 is 0 Å². The van der Waals surface area contributed by atoms with Crippen LogP contribution in [0.1, 0.15) is 12.8 Å². The quantitative estimate of drug-likeness (QED) is 0.682. The molecule has 1 saturated heterocycles. The summed E-state index contributed by atoms with van der Waals surface area (Å²) in [6, 6.07) is 9.88. The number of aromatic nitrogens is 4. The number of methoxy groups -OCH3 is 1. The Morgan fingerprint density at radius 3 is 2.88 bits per heavy atom. The number of piperidine rings is 1. The molecule has 1 aliphatic heterocycles. The van der Waals surface area contributed by atoms with Gasteiger partial charge in [0.15, 0.2) is 5.65 Å². The molecule has 0 unspecified atom stereocenters. The minimum atomic E-state index is -0.157. The van der Waals surface area contributed by atoms with Crippen molar-refractivity contribution in [2.45, 2.75) is 12.8 Å². The summed E-state index contributed by atoms with van der Waals surface area (Å²) in [6.45, 7) is 1.46. The van der Waals surface area contributed by atoms with E-state index in [2.05, 4.69) is 20.0 Å².